The summed E-state index contributed by atoms with van der Waals surface area (Å²) in [6.07, 6.45) is 8.00. The van der Waals surface area contributed by atoms with E-state index in [0.29, 0.717) is 0 Å². The van der Waals surface area contributed by atoms with E-state index in [9.17, 15) is 0 Å². The number of rotatable bonds is 7. The summed E-state index contributed by atoms with van der Waals surface area (Å²) in [5, 5.41) is 6.60. The SMILES string of the molecule is CN=C(NCCCC(C)C)NCCn1ccnc1.I. The van der Waals surface area contributed by atoms with Crippen molar-refractivity contribution in [1.29, 1.82) is 0 Å². The smallest absolute Gasteiger partial charge is 0.191 e. The lowest BCUT2D eigenvalue weighted by molar-refractivity contribution is 0.548. The maximum atomic E-state index is 4.19. The van der Waals surface area contributed by atoms with E-state index in [1.54, 1.807) is 13.2 Å². The quantitative estimate of drug-likeness (QED) is 0.330. The minimum absolute atomic E-state index is 0. The second kappa shape index (κ2) is 11.1. The highest BCUT2D eigenvalue weighted by Crippen LogP contribution is 2.01. The van der Waals surface area contributed by atoms with Crippen LogP contribution in [0.1, 0.15) is 26.7 Å². The predicted molar refractivity (Wildman–Crippen MR) is 91.1 cm³/mol. The van der Waals surface area contributed by atoms with Crippen LogP contribution in [0.4, 0.5) is 0 Å². The third-order valence-corrected chi connectivity index (χ3v) is 2.70. The molecule has 110 valence electrons. The number of aliphatic imine (C=N–C) groups is 1. The van der Waals surface area contributed by atoms with Gasteiger partial charge in [0.15, 0.2) is 5.96 Å². The van der Waals surface area contributed by atoms with Crippen LogP contribution in [0.3, 0.4) is 0 Å². The first-order chi connectivity index (χ1) is 8.72. The van der Waals surface area contributed by atoms with Gasteiger partial charge in [0, 0.05) is 39.1 Å². The fourth-order valence-electron chi connectivity index (χ4n) is 1.66. The summed E-state index contributed by atoms with van der Waals surface area (Å²) < 4.78 is 2.04. The van der Waals surface area contributed by atoms with E-state index in [1.807, 2.05) is 17.1 Å². The number of nitrogens with zero attached hydrogens (tertiary/aromatic N) is 3. The maximum Gasteiger partial charge on any atom is 0.191 e. The molecule has 5 nitrogen and oxygen atoms in total. The fraction of sp³-hybridized carbons (Fsp3) is 0.692. The van der Waals surface area contributed by atoms with E-state index < -0.39 is 0 Å². The Hall–Kier alpha value is -0.790. The first kappa shape index (κ1) is 18.2. The number of imidazole rings is 1. The molecule has 0 fully saturated rings. The molecule has 1 rings (SSSR count). The Labute approximate surface area is 133 Å². The number of nitrogens with one attached hydrogen (secondary N) is 2. The van der Waals surface area contributed by atoms with E-state index in [1.165, 1.54) is 12.8 Å². The van der Waals surface area contributed by atoms with Crippen LogP contribution in [0, 0.1) is 5.92 Å². The molecular formula is C13H26IN5. The van der Waals surface area contributed by atoms with E-state index in [-0.39, 0.29) is 24.0 Å². The first-order valence-corrected chi connectivity index (χ1v) is 6.62. The van der Waals surface area contributed by atoms with Gasteiger partial charge in [0.25, 0.3) is 0 Å². The van der Waals surface area contributed by atoms with Crippen LogP contribution in [-0.2, 0) is 6.54 Å². The Bertz CT molecular complexity index is 335. The summed E-state index contributed by atoms with van der Waals surface area (Å²) >= 11 is 0. The third kappa shape index (κ3) is 8.85. The molecule has 0 atom stereocenters. The van der Waals surface area contributed by atoms with Crippen molar-refractivity contribution in [3.8, 4) is 0 Å². The van der Waals surface area contributed by atoms with Crippen LogP contribution in [0.2, 0.25) is 0 Å². The lowest BCUT2D eigenvalue weighted by Crippen LogP contribution is -2.39. The van der Waals surface area contributed by atoms with Gasteiger partial charge in [-0.3, -0.25) is 4.99 Å². The minimum atomic E-state index is 0. The molecule has 0 spiro atoms. The summed E-state index contributed by atoms with van der Waals surface area (Å²) in [5.41, 5.74) is 0. The molecule has 0 aromatic carbocycles. The van der Waals surface area contributed by atoms with Crippen LogP contribution in [0.5, 0.6) is 0 Å². The second-order valence-electron chi connectivity index (χ2n) is 4.76. The van der Waals surface area contributed by atoms with Crippen molar-refractivity contribution >= 4 is 29.9 Å². The lowest BCUT2D eigenvalue weighted by Gasteiger charge is -2.12. The molecular weight excluding hydrogens is 353 g/mol. The average Bonchev–Trinajstić information content (AvgIpc) is 2.85. The lowest BCUT2D eigenvalue weighted by atomic mass is 10.1. The van der Waals surface area contributed by atoms with Crippen molar-refractivity contribution in [2.75, 3.05) is 20.1 Å². The van der Waals surface area contributed by atoms with E-state index in [2.05, 4.69) is 34.5 Å². The standard InChI is InChI=1S/C13H25N5.HI/c1-12(2)5-4-6-16-13(14-3)17-8-10-18-9-7-15-11-18;/h7,9,11-12H,4-6,8,10H2,1-3H3,(H2,14,16,17);1H. The molecule has 0 amide bonds. The first-order valence-electron chi connectivity index (χ1n) is 6.62. The van der Waals surface area contributed by atoms with Gasteiger partial charge in [0.1, 0.15) is 0 Å². The highest BCUT2D eigenvalue weighted by Gasteiger charge is 1.98. The summed E-state index contributed by atoms with van der Waals surface area (Å²) in [4.78, 5) is 8.20. The topological polar surface area (TPSA) is 54.2 Å². The molecule has 2 N–H and O–H groups in total. The normalized spacial score (nSPS) is 11.3. The van der Waals surface area contributed by atoms with Gasteiger partial charge in [-0.1, -0.05) is 13.8 Å². The molecule has 1 aromatic heterocycles. The molecule has 0 saturated carbocycles. The van der Waals surface area contributed by atoms with Gasteiger partial charge in [-0.05, 0) is 18.8 Å². The van der Waals surface area contributed by atoms with Gasteiger partial charge in [0.2, 0.25) is 0 Å². The summed E-state index contributed by atoms with van der Waals surface area (Å²) in [6, 6.07) is 0. The number of hydrogen-bond donors (Lipinski definition) is 2. The predicted octanol–water partition coefficient (Wildman–Crippen LogP) is 2.10. The Kier molecular flexibility index (Phi) is 10.6. The monoisotopic (exact) mass is 379 g/mol. The maximum absolute atomic E-state index is 4.19. The zero-order valence-corrected chi connectivity index (χ0v) is 14.4. The third-order valence-electron chi connectivity index (χ3n) is 2.70. The highest BCUT2D eigenvalue weighted by molar-refractivity contribution is 14.0. The van der Waals surface area contributed by atoms with E-state index in [4.69, 9.17) is 0 Å². The molecule has 1 aromatic rings. The minimum Gasteiger partial charge on any atom is -0.356 e. The highest BCUT2D eigenvalue weighted by atomic mass is 127. The molecule has 0 aliphatic rings. The molecule has 6 heteroatoms. The van der Waals surface area contributed by atoms with Crippen molar-refractivity contribution in [3.05, 3.63) is 18.7 Å². The van der Waals surface area contributed by atoms with Gasteiger partial charge >= 0.3 is 0 Å². The summed E-state index contributed by atoms with van der Waals surface area (Å²) in [5.74, 6) is 1.64. The molecule has 19 heavy (non-hydrogen) atoms. The molecule has 0 radical (unpaired) electrons. The van der Waals surface area contributed by atoms with E-state index in [0.717, 1.165) is 31.5 Å². The van der Waals surface area contributed by atoms with Crippen molar-refractivity contribution in [1.82, 2.24) is 20.2 Å². The summed E-state index contributed by atoms with van der Waals surface area (Å²) in [7, 11) is 1.80. The van der Waals surface area contributed by atoms with Crippen LogP contribution in [0.25, 0.3) is 0 Å². The number of hydrogen-bond acceptors (Lipinski definition) is 2. The Balaban J connectivity index is 0.00000324. The molecule has 0 bridgehead atoms. The fourth-order valence-corrected chi connectivity index (χ4v) is 1.66. The van der Waals surface area contributed by atoms with Crippen LogP contribution in [-0.4, -0.2) is 35.6 Å². The molecule has 1 heterocycles. The zero-order valence-electron chi connectivity index (χ0n) is 12.1. The largest absolute Gasteiger partial charge is 0.356 e. The molecule has 0 aliphatic heterocycles. The molecule has 0 aliphatic carbocycles. The number of guanidine groups is 1. The second-order valence-corrected chi connectivity index (χ2v) is 4.76. The van der Waals surface area contributed by atoms with Gasteiger partial charge in [-0.25, -0.2) is 4.98 Å². The van der Waals surface area contributed by atoms with Gasteiger partial charge in [-0.15, -0.1) is 24.0 Å². The van der Waals surface area contributed by atoms with Crippen LogP contribution < -0.4 is 10.6 Å². The molecule has 0 saturated heterocycles. The van der Waals surface area contributed by atoms with Crippen molar-refractivity contribution in [2.45, 2.75) is 33.2 Å². The van der Waals surface area contributed by atoms with E-state index >= 15 is 0 Å². The Morgan fingerprint density at radius 3 is 2.63 bits per heavy atom. The van der Waals surface area contributed by atoms with Crippen molar-refractivity contribution in [2.24, 2.45) is 10.9 Å². The zero-order chi connectivity index (χ0) is 13.2. The van der Waals surface area contributed by atoms with Gasteiger partial charge in [-0.2, -0.15) is 0 Å². The van der Waals surface area contributed by atoms with Crippen LogP contribution in [0.15, 0.2) is 23.7 Å². The number of halogens is 1. The summed E-state index contributed by atoms with van der Waals surface area (Å²) in [6.45, 7) is 7.21. The van der Waals surface area contributed by atoms with Crippen LogP contribution >= 0.6 is 24.0 Å². The Morgan fingerprint density at radius 1 is 1.32 bits per heavy atom. The Morgan fingerprint density at radius 2 is 2.05 bits per heavy atom. The van der Waals surface area contributed by atoms with Crippen molar-refractivity contribution in [3.63, 3.8) is 0 Å². The van der Waals surface area contributed by atoms with Gasteiger partial charge < -0.3 is 15.2 Å². The van der Waals surface area contributed by atoms with Crippen molar-refractivity contribution < 1.29 is 0 Å². The molecule has 0 unspecified atom stereocenters. The average molecular weight is 379 g/mol. The number of aromatic nitrogens is 2. The van der Waals surface area contributed by atoms with Gasteiger partial charge in [0.05, 0.1) is 6.33 Å².